The third kappa shape index (κ3) is 11.8. The van der Waals surface area contributed by atoms with E-state index < -0.39 is 0 Å². The highest BCUT2D eigenvalue weighted by atomic mass is 15.1. The van der Waals surface area contributed by atoms with Gasteiger partial charge in [-0.1, -0.05) is 110 Å². The highest BCUT2D eigenvalue weighted by Gasteiger charge is 2.13. The van der Waals surface area contributed by atoms with E-state index in [4.69, 9.17) is 0 Å². The minimum atomic E-state index is 0.837. The van der Waals surface area contributed by atoms with Crippen LogP contribution in [0.4, 0.5) is 5.69 Å². The molecule has 0 heterocycles. The molecule has 1 aromatic rings. The van der Waals surface area contributed by atoms with Crippen molar-refractivity contribution in [1.82, 2.24) is 0 Å². The second-order valence-electron chi connectivity index (χ2n) is 8.88. The Kier molecular flexibility index (Phi) is 15.1. The topological polar surface area (TPSA) is 3.24 Å². The number of hydrogen-bond donors (Lipinski definition) is 0. The molecule has 0 N–H and O–H groups in total. The Bertz CT molecular complexity index is 467. The first-order valence-corrected chi connectivity index (χ1v) is 12.5. The number of aryl methyl sites for hydroxylation is 1. The van der Waals surface area contributed by atoms with Crippen molar-refractivity contribution in [2.45, 2.75) is 118 Å². The van der Waals surface area contributed by atoms with E-state index in [9.17, 15) is 0 Å². The predicted octanol–water partition coefficient (Wildman–Crippen LogP) is 8.94. The van der Waals surface area contributed by atoms with E-state index in [0.717, 1.165) is 5.92 Å². The fraction of sp³-hybridized carbons (Fsp3) is 0.778. The van der Waals surface area contributed by atoms with Crippen LogP contribution in [0.25, 0.3) is 0 Å². The van der Waals surface area contributed by atoms with E-state index in [2.05, 4.69) is 56.9 Å². The van der Waals surface area contributed by atoms with E-state index in [1.165, 1.54) is 114 Å². The highest BCUT2D eigenvalue weighted by molar-refractivity contribution is 5.48. The van der Waals surface area contributed by atoms with Crippen LogP contribution in [-0.2, 0) is 0 Å². The van der Waals surface area contributed by atoms with E-state index in [1.807, 2.05) is 0 Å². The van der Waals surface area contributed by atoms with Crippen LogP contribution in [0.1, 0.15) is 116 Å². The molecule has 1 heteroatoms. The van der Waals surface area contributed by atoms with Crippen molar-refractivity contribution in [3.05, 3.63) is 29.8 Å². The van der Waals surface area contributed by atoms with E-state index in [-0.39, 0.29) is 0 Å². The van der Waals surface area contributed by atoms with Gasteiger partial charge in [0.2, 0.25) is 0 Å². The van der Waals surface area contributed by atoms with Gasteiger partial charge in [-0.15, -0.1) is 0 Å². The first-order valence-electron chi connectivity index (χ1n) is 12.5. The molecule has 0 amide bonds. The van der Waals surface area contributed by atoms with Crippen molar-refractivity contribution < 1.29 is 0 Å². The summed E-state index contributed by atoms with van der Waals surface area (Å²) in [7, 11) is 0. The number of benzene rings is 1. The van der Waals surface area contributed by atoms with Crippen LogP contribution >= 0.6 is 0 Å². The van der Waals surface area contributed by atoms with Crippen LogP contribution < -0.4 is 4.90 Å². The molecule has 0 saturated heterocycles. The third-order valence-electron chi connectivity index (χ3n) is 6.17. The van der Waals surface area contributed by atoms with Crippen LogP contribution in [0.2, 0.25) is 0 Å². The lowest BCUT2D eigenvalue weighted by Crippen LogP contribution is -2.30. The van der Waals surface area contributed by atoms with Crippen LogP contribution in [-0.4, -0.2) is 13.1 Å². The molecule has 0 radical (unpaired) electrons. The summed E-state index contributed by atoms with van der Waals surface area (Å²) in [6, 6.07) is 9.14. The van der Waals surface area contributed by atoms with Gasteiger partial charge >= 0.3 is 0 Å². The normalized spacial score (nSPS) is 12.3. The average Bonchev–Trinajstić information content (AvgIpc) is 2.71. The van der Waals surface area contributed by atoms with Gasteiger partial charge < -0.3 is 4.90 Å². The molecule has 1 nitrogen and oxygen atoms in total. The second kappa shape index (κ2) is 16.9. The van der Waals surface area contributed by atoms with Gasteiger partial charge in [0.15, 0.2) is 0 Å². The van der Waals surface area contributed by atoms with Crippen LogP contribution in [0.3, 0.4) is 0 Å². The number of unbranched alkanes of at least 4 members (excludes halogenated alkanes) is 10. The summed E-state index contributed by atoms with van der Waals surface area (Å²) in [5.41, 5.74) is 2.82. The van der Waals surface area contributed by atoms with Gasteiger partial charge in [-0.3, -0.25) is 0 Å². The molecule has 1 atom stereocenters. The molecule has 0 bridgehead atoms. The summed E-state index contributed by atoms with van der Waals surface area (Å²) in [6.07, 6.45) is 19.5. The van der Waals surface area contributed by atoms with Gasteiger partial charge in [0.25, 0.3) is 0 Å². The zero-order valence-corrected chi connectivity index (χ0v) is 19.6. The molecule has 162 valence electrons. The largest absolute Gasteiger partial charge is 0.371 e. The molecular formula is C27H49N. The zero-order valence-electron chi connectivity index (χ0n) is 19.6. The van der Waals surface area contributed by atoms with Crippen molar-refractivity contribution in [1.29, 1.82) is 0 Å². The zero-order chi connectivity index (χ0) is 20.5. The number of rotatable bonds is 18. The quantitative estimate of drug-likeness (QED) is 0.227. The summed E-state index contributed by atoms with van der Waals surface area (Å²) in [4.78, 5) is 2.68. The van der Waals surface area contributed by atoms with Gasteiger partial charge in [-0.05, 0) is 43.4 Å². The van der Waals surface area contributed by atoms with Crippen molar-refractivity contribution in [2.75, 3.05) is 18.0 Å². The Labute approximate surface area is 177 Å². The maximum absolute atomic E-state index is 2.68. The summed E-state index contributed by atoms with van der Waals surface area (Å²) in [5, 5.41) is 0. The average molecular weight is 388 g/mol. The fourth-order valence-electron chi connectivity index (χ4n) is 4.17. The number of hydrogen-bond acceptors (Lipinski definition) is 1. The first-order chi connectivity index (χ1) is 13.7. The summed E-state index contributed by atoms with van der Waals surface area (Å²) in [6.45, 7) is 11.7. The molecule has 0 fully saturated rings. The summed E-state index contributed by atoms with van der Waals surface area (Å²) < 4.78 is 0. The second-order valence-corrected chi connectivity index (χ2v) is 8.88. The molecule has 0 aliphatic carbocycles. The van der Waals surface area contributed by atoms with Gasteiger partial charge in [0.1, 0.15) is 0 Å². The third-order valence-corrected chi connectivity index (χ3v) is 6.17. The van der Waals surface area contributed by atoms with Gasteiger partial charge in [-0.2, -0.15) is 0 Å². The molecular weight excluding hydrogens is 338 g/mol. The monoisotopic (exact) mass is 387 g/mol. The van der Waals surface area contributed by atoms with Crippen LogP contribution in [0.5, 0.6) is 0 Å². The van der Waals surface area contributed by atoms with Crippen molar-refractivity contribution in [3.63, 3.8) is 0 Å². The molecule has 0 saturated carbocycles. The lowest BCUT2D eigenvalue weighted by Gasteiger charge is -2.29. The van der Waals surface area contributed by atoms with Crippen molar-refractivity contribution in [2.24, 2.45) is 5.92 Å². The predicted molar refractivity (Wildman–Crippen MR) is 129 cm³/mol. The summed E-state index contributed by atoms with van der Waals surface area (Å²) in [5.74, 6) is 0.837. The Morgan fingerprint density at radius 2 is 1.36 bits per heavy atom. The summed E-state index contributed by atoms with van der Waals surface area (Å²) >= 11 is 0. The molecule has 28 heavy (non-hydrogen) atoms. The molecule has 1 aromatic carbocycles. The van der Waals surface area contributed by atoms with Crippen molar-refractivity contribution in [3.8, 4) is 0 Å². The van der Waals surface area contributed by atoms with E-state index >= 15 is 0 Å². The fourth-order valence-corrected chi connectivity index (χ4v) is 4.17. The van der Waals surface area contributed by atoms with Crippen LogP contribution in [0, 0.1) is 12.8 Å². The number of nitrogens with zero attached hydrogens (tertiary/aromatic N) is 1. The number of anilines is 1. The molecule has 0 aromatic heterocycles. The van der Waals surface area contributed by atoms with Crippen LogP contribution in [0.15, 0.2) is 24.3 Å². The molecule has 0 aliphatic heterocycles. The smallest absolute Gasteiger partial charge is 0.0368 e. The maximum atomic E-state index is 2.68. The van der Waals surface area contributed by atoms with Gasteiger partial charge in [-0.25, -0.2) is 0 Å². The lowest BCUT2D eigenvalue weighted by atomic mass is 9.98. The first kappa shape index (κ1) is 25.1. The van der Waals surface area contributed by atoms with Gasteiger partial charge in [0.05, 0.1) is 0 Å². The molecule has 1 unspecified atom stereocenters. The Hall–Kier alpha value is -0.980. The Morgan fingerprint density at radius 3 is 1.93 bits per heavy atom. The molecule has 0 aliphatic rings. The standard InChI is InChI=1S/C27H49N/c1-5-8-10-11-12-13-14-15-16-17-22-28(24-26(7-3)20-9-6-2)27-21-18-19-25(4)23-27/h18-19,21,23,26H,5-17,20,22,24H2,1-4H3. The van der Waals surface area contributed by atoms with Gasteiger partial charge in [0, 0.05) is 18.8 Å². The molecule has 1 rings (SSSR count). The Balaban J connectivity index is 2.37. The lowest BCUT2D eigenvalue weighted by molar-refractivity contribution is 0.442. The maximum Gasteiger partial charge on any atom is 0.0368 e. The Morgan fingerprint density at radius 1 is 0.750 bits per heavy atom. The van der Waals surface area contributed by atoms with E-state index in [0.29, 0.717) is 0 Å². The highest BCUT2D eigenvalue weighted by Crippen LogP contribution is 2.22. The minimum Gasteiger partial charge on any atom is -0.371 e. The van der Waals surface area contributed by atoms with E-state index in [1.54, 1.807) is 0 Å². The minimum absolute atomic E-state index is 0.837. The SMILES string of the molecule is CCCCCCCCCCCCN(CC(CC)CCCC)c1cccc(C)c1. The molecule has 0 spiro atoms. The van der Waals surface area contributed by atoms with Crippen molar-refractivity contribution >= 4 is 5.69 Å².